The molecule has 5 nitrogen and oxygen atoms in total. The molecular weight excluding hydrogens is 218 g/mol. The van der Waals surface area contributed by atoms with Gasteiger partial charge in [-0.05, 0) is 6.42 Å². The molecule has 0 aliphatic carbocycles. The molecule has 0 bridgehead atoms. The van der Waals surface area contributed by atoms with Crippen LogP contribution in [-0.4, -0.2) is 15.8 Å². The molecule has 1 rings (SSSR count). The molecule has 0 atom stereocenters. The van der Waals surface area contributed by atoms with Crippen LogP contribution < -0.4 is 5.73 Å². The first-order valence-electron chi connectivity index (χ1n) is 4.27. The minimum Gasteiger partial charge on any atom is -0.393 e. The summed E-state index contributed by atoms with van der Waals surface area (Å²) in [5.74, 6) is 0.499. The highest BCUT2D eigenvalue weighted by atomic mass is 35.5. The van der Waals surface area contributed by atoms with Gasteiger partial charge in [0.05, 0.1) is 4.92 Å². The Kier molecular flexibility index (Phi) is 4.05. The third kappa shape index (κ3) is 2.92. The average molecular weight is 228 g/mol. The van der Waals surface area contributed by atoms with Crippen molar-refractivity contribution in [1.82, 2.24) is 4.98 Å². The Hall–Kier alpha value is -1.62. The van der Waals surface area contributed by atoms with E-state index >= 15 is 0 Å². The van der Waals surface area contributed by atoms with Gasteiger partial charge in [-0.1, -0.05) is 12.2 Å². The summed E-state index contributed by atoms with van der Waals surface area (Å²) in [7, 11) is 0. The summed E-state index contributed by atoms with van der Waals surface area (Å²) < 4.78 is 0. The molecule has 15 heavy (non-hydrogen) atoms. The van der Waals surface area contributed by atoms with Gasteiger partial charge in [-0.2, -0.15) is 0 Å². The van der Waals surface area contributed by atoms with Gasteiger partial charge < -0.3 is 5.73 Å². The summed E-state index contributed by atoms with van der Waals surface area (Å²) >= 11 is 5.48. The van der Waals surface area contributed by atoms with Gasteiger partial charge >= 0.3 is 5.69 Å². The smallest absolute Gasteiger partial charge is 0.310 e. The fraction of sp³-hybridized carbons (Fsp3) is 0.222. The number of nitrogen functional groups attached to an aromatic ring is 1. The van der Waals surface area contributed by atoms with Crippen LogP contribution in [0.25, 0.3) is 6.08 Å². The Morgan fingerprint density at radius 3 is 2.93 bits per heavy atom. The molecule has 0 spiro atoms. The van der Waals surface area contributed by atoms with Crippen LogP contribution in [0, 0.1) is 10.1 Å². The second-order valence-electron chi connectivity index (χ2n) is 2.80. The zero-order valence-corrected chi connectivity index (χ0v) is 8.65. The van der Waals surface area contributed by atoms with E-state index in [-0.39, 0.29) is 11.4 Å². The molecule has 0 aliphatic heterocycles. The van der Waals surface area contributed by atoms with Crippen molar-refractivity contribution in [2.75, 3.05) is 11.6 Å². The summed E-state index contributed by atoms with van der Waals surface area (Å²) in [5.41, 5.74) is 6.08. The number of hydrogen-bond acceptors (Lipinski definition) is 4. The summed E-state index contributed by atoms with van der Waals surface area (Å²) in [4.78, 5) is 13.7. The Bertz CT molecular complexity index is 393. The van der Waals surface area contributed by atoms with Crippen LogP contribution in [0.4, 0.5) is 11.4 Å². The molecule has 80 valence electrons. The Morgan fingerprint density at radius 2 is 2.33 bits per heavy atom. The van der Waals surface area contributed by atoms with E-state index in [0.717, 1.165) is 6.20 Å². The van der Waals surface area contributed by atoms with Gasteiger partial charge in [-0.3, -0.25) is 15.1 Å². The average Bonchev–Trinajstić information content (AvgIpc) is 2.20. The van der Waals surface area contributed by atoms with Crippen LogP contribution in [0.2, 0.25) is 0 Å². The molecule has 0 aliphatic rings. The lowest BCUT2D eigenvalue weighted by Crippen LogP contribution is -1.98. The number of nitrogens with two attached hydrogens (primary N) is 1. The van der Waals surface area contributed by atoms with Gasteiger partial charge in [0, 0.05) is 17.6 Å². The van der Waals surface area contributed by atoms with E-state index < -0.39 is 4.92 Å². The van der Waals surface area contributed by atoms with Crippen molar-refractivity contribution in [3.63, 3.8) is 0 Å². The molecule has 0 unspecified atom stereocenters. The molecule has 0 radical (unpaired) electrons. The van der Waals surface area contributed by atoms with Gasteiger partial charge in [0.2, 0.25) is 0 Å². The van der Waals surface area contributed by atoms with Crippen LogP contribution in [0.3, 0.4) is 0 Å². The van der Waals surface area contributed by atoms with Crippen molar-refractivity contribution in [3.8, 4) is 0 Å². The molecule has 0 amide bonds. The Balaban J connectivity index is 2.99. The maximum Gasteiger partial charge on any atom is 0.310 e. The molecule has 0 fully saturated rings. The van der Waals surface area contributed by atoms with Crippen molar-refractivity contribution in [1.29, 1.82) is 0 Å². The molecule has 1 aromatic heterocycles. The highest BCUT2D eigenvalue weighted by molar-refractivity contribution is 6.17. The molecule has 0 saturated carbocycles. The van der Waals surface area contributed by atoms with Gasteiger partial charge in [0.25, 0.3) is 0 Å². The minimum absolute atomic E-state index is 0.126. The molecule has 0 saturated heterocycles. The lowest BCUT2D eigenvalue weighted by Gasteiger charge is -1.99. The summed E-state index contributed by atoms with van der Waals surface area (Å²) in [6.07, 6.45) is 6.77. The number of anilines is 1. The number of halogens is 1. The van der Waals surface area contributed by atoms with Crippen LogP contribution in [0.1, 0.15) is 12.0 Å². The first-order chi connectivity index (χ1) is 7.16. The van der Waals surface area contributed by atoms with Crippen LogP contribution in [-0.2, 0) is 0 Å². The van der Waals surface area contributed by atoms with Gasteiger partial charge in [-0.15, -0.1) is 11.6 Å². The van der Waals surface area contributed by atoms with E-state index in [9.17, 15) is 10.1 Å². The summed E-state index contributed by atoms with van der Waals surface area (Å²) in [6.45, 7) is 0. The molecule has 2 N–H and O–H groups in total. The molecule has 1 heterocycles. The quantitative estimate of drug-likeness (QED) is 0.486. The number of aromatic nitrogens is 1. The third-order valence-corrected chi connectivity index (χ3v) is 1.99. The first kappa shape index (κ1) is 11.5. The number of hydrogen-bond donors (Lipinski definition) is 1. The maximum atomic E-state index is 10.5. The normalized spacial score (nSPS) is 10.7. The molecular formula is C9H10ClN3O2. The maximum absolute atomic E-state index is 10.5. The Labute approximate surface area is 91.7 Å². The zero-order valence-electron chi connectivity index (χ0n) is 7.89. The van der Waals surface area contributed by atoms with Crippen molar-refractivity contribution in [2.45, 2.75) is 6.42 Å². The number of nitro groups is 1. The summed E-state index contributed by atoms with van der Waals surface area (Å²) in [6, 6.07) is 0. The van der Waals surface area contributed by atoms with E-state index in [1.54, 1.807) is 12.2 Å². The zero-order chi connectivity index (χ0) is 11.3. The van der Waals surface area contributed by atoms with Crippen molar-refractivity contribution >= 4 is 29.1 Å². The highest BCUT2D eigenvalue weighted by Gasteiger charge is 2.13. The molecule has 6 heteroatoms. The predicted octanol–water partition coefficient (Wildman–Crippen LogP) is 2.21. The van der Waals surface area contributed by atoms with Crippen LogP contribution >= 0.6 is 11.6 Å². The number of pyridine rings is 1. The van der Waals surface area contributed by atoms with E-state index in [2.05, 4.69) is 4.98 Å². The van der Waals surface area contributed by atoms with Crippen molar-refractivity contribution < 1.29 is 4.92 Å². The number of rotatable bonds is 4. The number of allylic oxidation sites excluding steroid dienone is 1. The largest absolute Gasteiger partial charge is 0.393 e. The topological polar surface area (TPSA) is 82.0 Å². The Morgan fingerprint density at radius 1 is 1.60 bits per heavy atom. The minimum atomic E-state index is -0.554. The molecule has 1 aromatic rings. The second kappa shape index (κ2) is 5.31. The van der Waals surface area contributed by atoms with E-state index in [0.29, 0.717) is 17.9 Å². The van der Waals surface area contributed by atoms with E-state index in [1.165, 1.54) is 6.20 Å². The number of nitrogens with zero attached hydrogens (tertiary/aromatic N) is 2. The second-order valence-corrected chi connectivity index (χ2v) is 3.18. The van der Waals surface area contributed by atoms with Crippen molar-refractivity contribution in [3.05, 3.63) is 34.1 Å². The van der Waals surface area contributed by atoms with Gasteiger partial charge in [-0.25, -0.2) is 0 Å². The monoisotopic (exact) mass is 227 g/mol. The molecule has 0 aromatic carbocycles. The fourth-order valence-corrected chi connectivity index (χ4v) is 1.15. The summed E-state index contributed by atoms with van der Waals surface area (Å²) in [5, 5.41) is 10.5. The number of alkyl halides is 1. The standard InChI is InChI=1S/C9H10ClN3O2/c10-4-2-1-3-7-5-12-6-8(9(7)11)13(14)15/h1,3,5-6H,2,4H2,(H2,11,12). The van der Waals surface area contributed by atoms with Crippen LogP contribution in [0.15, 0.2) is 18.5 Å². The predicted molar refractivity (Wildman–Crippen MR) is 59.7 cm³/mol. The SMILES string of the molecule is Nc1c(C=CCCCl)cncc1[N+](=O)[O-]. The highest BCUT2D eigenvalue weighted by Crippen LogP contribution is 2.24. The third-order valence-electron chi connectivity index (χ3n) is 1.77. The van der Waals surface area contributed by atoms with Crippen LogP contribution in [0.5, 0.6) is 0 Å². The lowest BCUT2D eigenvalue weighted by atomic mass is 10.2. The van der Waals surface area contributed by atoms with E-state index in [1.807, 2.05) is 0 Å². The van der Waals surface area contributed by atoms with Crippen molar-refractivity contribution in [2.24, 2.45) is 0 Å². The lowest BCUT2D eigenvalue weighted by molar-refractivity contribution is -0.384. The van der Waals surface area contributed by atoms with Gasteiger partial charge in [0.1, 0.15) is 11.9 Å². The van der Waals surface area contributed by atoms with Gasteiger partial charge in [0.15, 0.2) is 0 Å². The fourth-order valence-electron chi connectivity index (χ4n) is 1.03. The van der Waals surface area contributed by atoms with E-state index in [4.69, 9.17) is 17.3 Å². The first-order valence-corrected chi connectivity index (χ1v) is 4.80.